The van der Waals surface area contributed by atoms with Gasteiger partial charge in [0.1, 0.15) is 23.2 Å². The molecule has 9 aromatic carbocycles. The lowest BCUT2D eigenvalue weighted by Crippen LogP contribution is -2.33. The molecule has 0 radical (unpaired) electrons. The Morgan fingerprint density at radius 3 is 1.63 bits per heavy atom. The molecule has 0 aliphatic carbocycles. The highest BCUT2D eigenvalue weighted by atomic mass is 16.3. The summed E-state index contributed by atoms with van der Waals surface area (Å²) < 4.78 is 6.67. The lowest BCUT2D eigenvalue weighted by Gasteiger charge is -2.26. The van der Waals surface area contributed by atoms with Crippen LogP contribution in [0.4, 0.5) is 17.1 Å². The molecule has 1 atom stereocenters. The van der Waals surface area contributed by atoms with E-state index in [-0.39, 0.29) is 6.17 Å². The fraction of sp³-hybridized carbons (Fsp3) is 0.0182. The van der Waals surface area contributed by atoms with Crippen molar-refractivity contribution in [2.45, 2.75) is 6.17 Å². The van der Waals surface area contributed by atoms with E-state index in [0.29, 0.717) is 5.84 Å². The van der Waals surface area contributed by atoms with Crippen molar-refractivity contribution >= 4 is 61.4 Å². The lowest BCUT2D eigenvalue weighted by molar-refractivity contribution is 0.672. The van der Waals surface area contributed by atoms with Crippen molar-refractivity contribution < 1.29 is 4.42 Å². The van der Waals surface area contributed by atoms with Gasteiger partial charge in [-0.2, -0.15) is 0 Å². The van der Waals surface area contributed by atoms with Gasteiger partial charge in [0, 0.05) is 44.3 Å². The first-order chi connectivity index (χ1) is 29.7. The third-order valence-electron chi connectivity index (χ3n) is 11.3. The molecule has 0 bridgehead atoms. The van der Waals surface area contributed by atoms with E-state index in [4.69, 9.17) is 14.4 Å². The summed E-state index contributed by atoms with van der Waals surface area (Å²) >= 11 is 0. The van der Waals surface area contributed by atoms with Crippen LogP contribution < -0.4 is 10.2 Å². The van der Waals surface area contributed by atoms with Crippen LogP contribution in [0.2, 0.25) is 0 Å². The minimum absolute atomic E-state index is 0.282. The molecule has 1 aliphatic heterocycles. The highest BCUT2D eigenvalue weighted by Crippen LogP contribution is 2.42. The van der Waals surface area contributed by atoms with E-state index in [0.717, 1.165) is 83.4 Å². The highest BCUT2D eigenvalue weighted by molar-refractivity contribution is 6.21. The van der Waals surface area contributed by atoms with Gasteiger partial charge in [0.05, 0.1) is 0 Å². The summed E-state index contributed by atoms with van der Waals surface area (Å²) in [4.78, 5) is 12.5. The number of benzene rings is 9. The second kappa shape index (κ2) is 15.1. The van der Waals surface area contributed by atoms with Gasteiger partial charge in [-0.3, -0.25) is 0 Å². The van der Waals surface area contributed by atoms with Crippen LogP contribution in [0.5, 0.6) is 0 Å². The molecule has 5 heteroatoms. The number of aliphatic imine (C=N–C) groups is 2. The molecule has 0 fully saturated rings. The number of amidine groups is 2. The van der Waals surface area contributed by atoms with Crippen LogP contribution in [0, 0.1) is 0 Å². The van der Waals surface area contributed by atoms with E-state index >= 15 is 0 Å². The van der Waals surface area contributed by atoms with Crippen molar-refractivity contribution in [2.75, 3.05) is 4.90 Å². The molecule has 0 saturated heterocycles. The van der Waals surface area contributed by atoms with E-state index < -0.39 is 0 Å². The zero-order valence-electron chi connectivity index (χ0n) is 32.6. The summed E-state index contributed by atoms with van der Waals surface area (Å²) in [5.41, 5.74) is 12.6. The molecular formula is C55H38N4O. The van der Waals surface area contributed by atoms with Gasteiger partial charge in [-0.1, -0.05) is 158 Å². The van der Waals surface area contributed by atoms with Crippen LogP contribution in [-0.2, 0) is 0 Å². The molecule has 2 heterocycles. The number of hydrogen-bond acceptors (Lipinski definition) is 5. The molecule has 0 saturated carbocycles. The van der Waals surface area contributed by atoms with Crippen LogP contribution in [0.25, 0.3) is 55.0 Å². The summed E-state index contributed by atoms with van der Waals surface area (Å²) in [6.45, 7) is 0. The lowest BCUT2D eigenvalue weighted by atomic mass is 9.95. The van der Waals surface area contributed by atoms with Crippen molar-refractivity contribution in [3.05, 3.63) is 235 Å². The first-order valence-corrected chi connectivity index (χ1v) is 20.3. The number of nitrogens with zero attached hydrogens (tertiary/aromatic N) is 3. The van der Waals surface area contributed by atoms with E-state index in [1.165, 1.54) is 11.1 Å². The highest BCUT2D eigenvalue weighted by Gasteiger charge is 2.23. The van der Waals surface area contributed by atoms with Crippen molar-refractivity contribution in [3.8, 4) is 22.3 Å². The molecule has 284 valence electrons. The SMILES string of the molecule is c1ccc(C2=NC(c3ccc4oc5c6ccccc6c(-c6ccc(N(c7ccccc7)c7ccc(-c8ccccc8)cc7)cc6)cc5c4c3)=NC(c3ccccc3)N2)cc1. The minimum Gasteiger partial charge on any atom is -0.455 e. The van der Waals surface area contributed by atoms with Gasteiger partial charge in [-0.15, -0.1) is 0 Å². The molecule has 60 heavy (non-hydrogen) atoms. The minimum atomic E-state index is -0.282. The maximum Gasteiger partial charge on any atom is 0.159 e. The molecular weight excluding hydrogens is 733 g/mol. The molecule has 1 aliphatic rings. The molecule has 1 aromatic heterocycles. The van der Waals surface area contributed by atoms with Gasteiger partial charge >= 0.3 is 0 Å². The van der Waals surface area contributed by atoms with Crippen molar-refractivity contribution in [1.29, 1.82) is 0 Å². The second-order valence-corrected chi connectivity index (χ2v) is 15.0. The molecule has 11 rings (SSSR count). The Balaban J connectivity index is 1.00. The topological polar surface area (TPSA) is 53.1 Å². The molecule has 0 amide bonds. The number of fused-ring (bicyclic) bond motifs is 5. The predicted molar refractivity (Wildman–Crippen MR) is 249 cm³/mol. The van der Waals surface area contributed by atoms with Crippen LogP contribution in [-0.4, -0.2) is 11.7 Å². The Morgan fingerprint density at radius 2 is 0.950 bits per heavy atom. The first-order valence-electron chi connectivity index (χ1n) is 20.3. The van der Waals surface area contributed by atoms with Gasteiger partial charge in [0.25, 0.3) is 0 Å². The summed E-state index contributed by atoms with van der Waals surface area (Å²) in [5, 5.41) is 7.86. The summed E-state index contributed by atoms with van der Waals surface area (Å²) in [6.07, 6.45) is -0.282. The predicted octanol–water partition coefficient (Wildman–Crippen LogP) is 14.0. The van der Waals surface area contributed by atoms with Crippen LogP contribution in [0.3, 0.4) is 0 Å². The Hall–Kier alpha value is -8.02. The number of anilines is 3. The smallest absolute Gasteiger partial charge is 0.159 e. The molecule has 0 spiro atoms. The summed E-state index contributed by atoms with van der Waals surface area (Å²) in [5.74, 6) is 1.46. The Labute approximate surface area is 348 Å². The quantitative estimate of drug-likeness (QED) is 0.167. The maximum atomic E-state index is 6.67. The third kappa shape index (κ3) is 6.48. The average molecular weight is 771 g/mol. The Bertz CT molecular complexity index is 3190. The van der Waals surface area contributed by atoms with Gasteiger partial charge in [-0.25, -0.2) is 9.98 Å². The summed E-state index contributed by atoms with van der Waals surface area (Å²) in [7, 11) is 0. The van der Waals surface area contributed by atoms with Gasteiger partial charge in [-0.05, 0) is 93.9 Å². The number of para-hydroxylation sites is 1. The van der Waals surface area contributed by atoms with Crippen LogP contribution >= 0.6 is 0 Å². The van der Waals surface area contributed by atoms with Crippen LogP contribution in [0.1, 0.15) is 22.9 Å². The van der Waals surface area contributed by atoms with Crippen LogP contribution in [0.15, 0.2) is 233 Å². The fourth-order valence-corrected chi connectivity index (χ4v) is 8.35. The van der Waals surface area contributed by atoms with E-state index in [1.807, 2.05) is 36.4 Å². The fourth-order valence-electron chi connectivity index (χ4n) is 8.35. The van der Waals surface area contributed by atoms with Crippen molar-refractivity contribution in [1.82, 2.24) is 5.32 Å². The monoisotopic (exact) mass is 770 g/mol. The number of furan rings is 1. The first kappa shape index (κ1) is 35.2. The largest absolute Gasteiger partial charge is 0.455 e. The van der Waals surface area contributed by atoms with E-state index in [9.17, 15) is 0 Å². The molecule has 10 aromatic rings. The van der Waals surface area contributed by atoms with Crippen molar-refractivity contribution in [3.63, 3.8) is 0 Å². The Morgan fingerprint density at radius 1 is 0.417 bits per heavy atom. The molecule has 1 unspecified atom stereocenters. The summed E-state index contributed by atoms with van der Waals surface area (Å²) in [6, 6.07) is 76.4. The number of hydrogen-bond donors (Lipinski definition) is 1. The van der Waals surface area contributed by atoms with Gasteiger partial charge in [0.2, 0.25) is 0 Å². The number of rotatable bonds is 8. The zero-order valence-corrected chi connectivity index (χ0v) is 32.6. The molecule has 1 N–H and O–H groups in total. The standard InChI is InChI=1S/C55H38N4O/c1-5-15-37(16-6-1)38-25-30-44(31-26-38)59(43-21-11-4-12-22-43)45-32-27-39(28-33-45)48-36-50-49-35-42(29-34-51(49)60-52(50)47-24-14-13-23-46(47)48)55-57-53(40-17-7-2-8-18-40)56-54(58-55)41-19-9-3-10-20-41/h1-36,53H,(H,56,57,58). The second-order valence-electron chi connectivity index (χ2n) is 15.0. The van der Waals surface area contributed by atoms with E-state index in [1.54, 1.807) is 0 Å². The normalized spacial score (nSPS) is 13.8. The zero-order chi connectivity index (χ0) is 39.8. The molecule has 5 nitrogen and oxygen atoms in total. The third-order valence-corrected chi connectivity index (χ3v) is 11.3. The van der Waals surface area contributed by atoms with Gasteiger partial charge in [0.15, 0.2) is 5.84 Å². The van der Waals surface area contributed by atoms with Gasteiger partial charge < -0.3 is 14.6 Å². The Kier molecular flexibility index (Phi) is 8.82. The average Bonchev–Trinajstić information content (AvgIpc) is 3.71. The van der Waals surface area contributed by atoms with E-state index in [2.05, 4.69) is 192 Å². The van der Waals surface area contributed by atoms with Crippen molar-refractivity contribution in [2.24, 2.45) is 9.98 Å². The number of nitrogens with one attached hydrogen (secondary N) is 1. The maximum absolute atomic E-state index is 6.67.